The van der Waals surface area contributed by atoms with E-state index in [-0.39, 0.29) is 0 Å². The first kappa shape index (κ1) is 15.3. The zero-order valence-electron chi connectivity index (χ0n) is 12.0. The van der Waals surface area contributed by atoms with Crippen molar-refractivity contribution in [2.75, 3.05) is 29.9 Å². The lowest BCUT2D eigenvalue weighted by molar-refractivity contribution is 0.168. The third kappa shape index (κ3) is 5.16. The van der Waals surface area contributed by atoms with Gasteiger partial charge in [-0.1, -0.05) is 13.8 Å². The van der Waals surface area contributed by atoms with Crippen LogP contribution in [0.3, 0.4) is 0 Å². The van der Waals surface area contributed by atoms with Gasteiger partial charge in [0.25, 0.3) is 0 Å². The van der Waals surface area contributed by atoms with E-state index in [1.807, 2.05) is 12.1 Å². The van der Waals surface area contributed by atoms with E-state index in [0.29, 0.717) is 12.3 Å². The van der Waals surface area contributed by atoms with Gasteiger partial charge >= 0.3 is 6.09 Å². The number of hydrogen-bond acceptors (Lipinski definition) is 4. The van der Waals surface area contributed by atoms with Crippen molar-refractivity contribution in [2.24, 2.45) is 0 Å². The summed E-state index contributed by atoms with van der Waals surface area (Å²) in [7, 11) is 0. The molecule has 0 spiro atoms. The lowest BCUT2D eigenvalue weighted by atomic mass is 10.3. The van der Waals surface area contributed by atoms with Gasteiger partial charge in [-0.3, -0.25) is 5.32 Å². The van der Waals surface area contributed by atoms with Gasteiger partial charge in [-0.2, -0.15) is 0 Å². The maximum absolute atomic E-state index is 11.3. The minimum atomic E-state index is -0.448. The Labute approximate surface area is 115 Å². The Morgan fingerprint density at radius 2 is 1.95 bits per heavy atom. The van der Waals surface area contributed by atoms with Crippen molar-refractivity contribution in [3.8, 4) is 0 Å². The van der Waals surface area contributed by atoms with E-state index in [4.69, 9.17) is 4.74 Å². The number of anilines is 2. The summed E-state index contributed by atoms with van der Waals surface area (Å²) in [5.41, 5.74) is 0.648. The number of carbonyl (C=O) groups excluding carboxylic acids is 1. The Morgan fingerprint density at radius 3 is 2.42 bits per heavy atom. The highest BCUT2D eigenvalue weighted by atomic mass is 16.5. The first-order valence-corrected chi connectivity index (χ1v) is 6.86. The summed E-state index contributed by atoms with van der Waals surface area (Å²) in [5, 5.41) is 2.63. The molecule has 0 radical (unpaired) electrons. The Kier molecular flexibility index (Phi) is 6.71. The maximum atomic E-state index is 11.3. The average molecular weight is 265 g/mol. The van der Waals surface area contributed by atoms with Crippen LogP contribution in [-0.2, 0) is 4.74 Å². The topological polar surface area (TPSA) is 54.5 Å². The Morgan fingerprint density at radius 1 is 1.26 bits per heavy atom. The average Bonchev–Trinajstić information content (AvgIpc) is 2.40. The molecular weight excluding hydrogens is 242 g/mol. The SMILES string of the molecule is CCCN(CCC)c1ccc(NC(=O)OCC)cn1. The summed E-state index contributed by atoms with van der Waals surface area (Å²) in [6, 6.07) is 3.77. The van der Waals surface area contributed by atoms with Gasteiger partial charge in [-0.05, 0) is 31.9 Å². The highest BCUT2D eigenvalue weighted by molar-refractivity contribution is 5.84. The smallest absolute Gasteiger partial charge is 0.411 e. The molecule has 1 N–H and O–H groups in total. The van der Waals surface area contributed by atoms with Crippen LogP contribution in [0.2, 0.25) is 0 Å². The number of ether oxygens (including phenoxy) is 1. The van der Waals surface area contributed by atoms with Crippen molar-refractivity contribution in [1.29, 1.82) is 0 Å². The second-order valence-electron chi connectivity index (χ2n) is 4.24. The van der Waals surface area contributed by atoms with Crippen LogP contribution in [0.25, 0.3) is 0 Å². The molecule has 0 bridgehead atoms. The van der Waals surface area contributed by atoms with Crippen molar-refractivity contribution in [1.82, 2.24) is 4.98 Å². The van der Waals surface area contributed by atoms with Crippen molar-refractivity contribution in [3.05, 3.63) is 18.3 Å². The van der Waals surface area contributed by atoms with Crippen molar-refractivity contribution >= 4 is 17.6 Å². The Hall–Kier alpha value is -1.78. The van der Waals surface area contributed by atoms with Gasteiger partial charge < -0.3 is 9.64 Å². The molecule has 0 fully saturated rings. The van der Waals surface area contributed by atoms with Gasteiger partial charge in [0.15, 0.2) is 0 Å². The number of hydrogen-bond donors (Lipinski definition) is 1. The van der Waals surface area contributed by atoms with E-state index in [1.54, 1.807) is 13.1 Å². The van der Waals surface area contributed by atoms with Crippen LogP contribution in [0.1, 0.15) is 33.6 Å². The fraction of sp³-hybridized carbons (Fsp3) is 0.571. The third-order valence-electron chi connectivity index (χ3n) is 2.58. The number of nitrogens with one attached hydrogen (secondary N) is 1. The number of amides is 1. The Balaban J connectivity index is 2.65. The molecule has 19 heavy (non-hydrogen) atoms. The summed E-state index contributed by atoms with van der Waals surface area (Å²) in [6.45, 7) is 8.42. The van der Waals surface area contributed by atoms with Crippen molar-refractivity contribution in [2.45, 2.75) is 33.6 Å². The molecule has 0 atom stereocenters. The third-order valence-corrected chi connectivity index (χ3v) is 2.58. The molecule has 0 aliphatic carbocycles. The number of pyridine rings is 1. The molecule has 0 unspecified atom stereocenters. The van der Waals surface area contributed by atoms with E-state index in [2.05, 4.69) is 29.0 Å². The van der Waals surface area contributed by atoms with Gasteiger partial charge in [0.05, 0.1) is 18.5 Å². The molecule has 5 nitrogen and oxygen atoms in total. The maximum Gasteiger partial charge on any atom is 0.411 e. The molecule has 0 saturated heterocycles. The lowest BCUT2D eigenvalue weighted by Gasteiger charge is -2.22. The molecule has 0 saturated carbocycles. The van der Waals surface area contributed by atoms with E-state index >= 15 is 0 Å². The molecular formula is C14H23N3O2. The second kappa shape index (κ2) is 8.34. The van der Waals surface area contributed by atoms with E-state index in [0.717, 1.165) is 31.7 Å². The largest absolute Gasteiger partial charge is 0.450 e. The van der Waals surface area contributed by atoms with E-state index < -0.39 is 6.09 Å². The quantitative estimate of drug-likeness (QED) is 0.822. The molecule has 1 rings (SSSR count). The van der Waals surface area contributed by atoms with Crippen LogP contribution in [0, 0.1) is 0 Å². The molecule has 0 aromatic carbocycles. The highest BCUT2D eigenvalue weighted by Gasteiger charge is 2.07. The molecule has 1 aromatic rings. The molecule has 0 aliphatic heterocycles. The summed E-state index contributed by atoms with van der Waals surface area (Å²) in [5.74, 6) is 0.943. The van der Waals surface area contributed by atoms with Crippen LogP contribution in [0.15, 0.2) is 18.3 Å². The fourth-order valence-electron chi connectivity index (χ4n) is 1.81. The normalized spacial score (nSPS) is 10.1. The predicted molar refractivity (Wildman–Crippen MR) is 77.7 cm³/mol. The van der Waals surface area contributed by atoms with Gasteiger partial charge in [-0.15, -0.1) is 0 Å². The summed E-state index contributed by atoms with van der Waals surface area (Å²) >= 11 is 0. The number of aromatic nitrogens is 1. The molecule has 5 heteroatoms. The highest BCUT2D eigenvalue weighted by Crippen LogP contribution is 2.15. The lowest BCUT2D eigenvalue weighted by Crippen LogP contribution is -2.25. The minimum absolute atomic E-state index is 0.359. The van der Waals surface area contributed by atoms with Crippen LogP contribution in [0.4, 0.5) is 16.3 Å². The van der Waals surface area contributed by atoms with Crippen LogP contribution in [-0.4, -0.2) is 30.8 Å². The summed E-state index contributed by atoms with van der Waals surface area (Å²) in [4.78, 5) is 17.9. The minimum Gasteiger partial charge on any atom is -0.450 e. The van der Waals surface area contributed by atoms with Crippen molar-refractivity contribution < 1.29 is 9.53 Å². The van der Waals surface area contributed by atoms with Crippen LogP contribution in [0.5, 0.6) is 0 Å². The Bertz CT molecular complexity index is 373. The number of nitrogens with zero attached hydrogens (tertiary/aromatic N) is 2. The zero-order chi connectivity index (χ0) is 14.1. The second-order valence-corrected chi connectivity index (χ2v) is 4.24. The summed E-state index contributed by atoms with van der Waals surface area (Å²) < 4.78 is 4.81. The summed E-state index contributed by atoms with van der Waals surface area (Å²) in [6.07, 6.45) is 3.38. The standard InChI is InChI=1S/C14H23N3O2/c1-4-9-17(10-5-2)13-8-7-12(11-15-13)16-14(18)19-6-3/h7-8,11H,4-6,9-10H2,1-3H3,(H,16,18). The number of rotatable bonds is 7. The van der Waals surface area contributed by atoms with E-state index in [9.17, 15) is 4.79 Å². The van der Waals surface area contributed by atoms with Gasteiger partial charge in [-0.25, -0.2) is 9.78 Å². The van der Waals surface area contributed by atoms with E-state index in [1.165, 1.54) is 0 Å². The fourth-order valence-corrected chi connectivity index (χ4v) is 1.81. The van der Waals surface area contributed by atoms with Crippen molar-refractivity contribution in [3.63, 3.8) is 0 Å². The molecule has 106 valence electrons. The van der Waals surface area contributed by atoms with Crippen LogP contribution < -0.4 is 10.2 Å². The monoisotopic (exact) mass is 265 g/mol. The molecule has 0 aliphatic rings. The molecule has 1 amide bonds. The first-order valence-electron chi connectivity index (χ1n) is 6.86. The first-order chi connectivity index (χ1) is 9.21. The molecule has 1 aromatic heterocycles. The van der Waals surface area contributed by atoms with Gasteiger partial charge in [0.2, 0.25) is 0 Å². The zero-order valence-corrected chi connectivity index (χ0v) is 12.0. The van der Waals surface area contributed by atoms with Crippen LogP contribution >= 0.6 is 0 Å². The van der Waals surface area contributed by atoms with Gasteiger partial charge in [0.1, 0.15) is 5.82 Å². The molecule has 1 heterocycles. The van der Waals surface area contributed by atoms with Gasteiger partial charge in [0, 0.05) is 13.1 Å². The number of carbonyl (C=O) groups is 1. The predicted octanol–water partition coefficient (Wildman–Crippen LogP) is 3.28.